The summed E-state index contributed by atoms with van der Waals surface area (Å²) in [6.07, 6.45) is -6.19. The van der Waals surface area contributed by atoms with Gasteiger partial charge in [0.2, 0.25) is 0 Å². The fourth-order valence-electron chi connectivity index (χ4n) is 7.42. The molecule has 1 unspecified atom stereocenters. The first-order valence-corrected chi connectivity index (χ1v) is 15.9. The van der Waals surface area contributed by atoms with Crippen molar-refractivity contribution >= 4 is 29.6 Å². The van der Waals surface area contributed by atoms with Gasteiger partial charge in [-0.25, -0.2) is 14.0 Å². The number of fused-ring (bicyclic) bond motifs is 1. The van der Waals surface area contributed by atoms with Crippen LogP contribution < -0.4 is 5.32 Å². The normalized spacial score (nSPS) is 44.5. The number of hydrogen-bond acceptors (Lipinski definition) is 12. The summed E-state index contributed by atoms with van der Waals surface area (Å²) in [6.45, 7) is 12.8. The molecule has 1 amide bonds. The smallest absolute Gasteiger partial charge is 0.408 e. The van der Waals surface area contributed by atoms with Crippen LogP contribution in [0.25, 0.3) is 0 Å². The Kier molecular flexibility index (Phi) is 11.3. The number of nitrogens with one attached hydrogen (secondary N) is 1. The number of aliphatic hydroxyl groups is 1. The van der Waals surface area contributed by atoms with E-state index in [-0.39, 0.29) is 18.6 Å². The summed E-state index contributed by atoms with van der Waals surface area (Å²) in [7, 11) is 3.56. The molecule has 46 heavy (non-hydrogen) atoms. The van der Waals surface area contributed by atoms with E-state index in [0.717, 1.165) is 13.8 Å². The Bertz CT molecular complexity index is 1200. The fraction of sp³-hybridized carbons (Fsp3) is 0.844. The van der Waals surface area contributed by atoms with E-state index in [0.29, 0.717) is 6.42 Å². The Labute approximate surface area is 270 Å². The van der Waals surface area contributed by atoms with Crippen molar-refractivity contribution in [2.45, 2.75) is 141 Å². The van der Waals surface area contributed by atoms with Gasteiger partial charge in [-0.15, -0.1) is 0 Å². The van der Waals surface area contributed by atoms with Gasteiger partial charge in [-0.1, -0.05) is 27.7 Å². The third-order valence-electron chi connectivity index (χ3n) is 9.86. The van der Waals surface area contributed by atoms with Gasteiger partial charge in [0.05, 0.1) is 12.1 Å². The molecule has 3 fully saturated rings. The highest BCUT2D eigenvalue weighted by Gasteiger charge is 2.59. The zero-order valence-corrected chi connectivity index (χ0v) is 28.7. The molecule has 0 saturated carbocycles. The maximum Gasteiger partial charge on any atom is 0.408 e. The number of cyclic esters (lactones) is 1. The summed E-state index contributed by atoms with van der Waals surface area (Å²) in [6, 6.07) is -1.40. The molecule has 0 aromatic heterocycles. The molecule has 3 rings (SSSR count). The molecular weight excluding hydrogens is 607 g/mol. The highest BCUT2D eigenvalue weighted by atomic mass is 19.1. The van der Waals surface area contributed by atoms with Crippen LogP contribution in [-0.2, 0) is 42.9 Å². The molecule has 13 nitrogen and oxygen atoms in total. The van der Waals surface area contributed by atoms with Crippen LogP contribution in [0.1, 0.15) is 81.6 Å². The van der Waals surface area contributed by atoms with Crippen LogP contribution in [-0.4, -0.2) is 113 Å². The van der Waals surface area contributed by atoms with E-state index >= 15 is 4.39 Å². The number of alkyl carbamates (subject to hydrolysis) is 1. The number of nitrogens with zero attached hydrogens (tertiary/aromatic N) is 1. The number of esters is 2. The second-order valence-electron chi connectivity index (χ2n) is 14.0. The zero-order chi connectivity index (χ0) is 35.1. The van der Waals surface area contributed by atoms with Gasteiger partial charge in [-0.2, -0.15) is 0 Å². The van der Waals surface area contributed by atoms with Crippen LogP contribution >= 0.6 is 0 Å². The van der Waals surface area contributed by atoms with Crippen molar-refractivity contribution < 1.29 is 57.2 Å². The van der Waals surface area contributed by atoms with Crippen molar-refractivity contribution in [3.63, 3.8) is 0 Å². The van der Waals surface area contributed by atoms with Crippen LogP contribution in [0.4, 0.5) is 9.18 Å². The first kappa shape index (κ1) is 37.8. The van der Waals surface area contributed by atoms with E-state index in [4.69, 9.17) is 23.7 Å². The summed E-state index contributed by atoms with van der Waals surface area (Å²) in [5, 5.41) is 13.9. The van der Waals surface area contributed by atoms with Crippen LogP contribution in [0.5, 0.6) is 0 Å². The number of halogens is 1. The number of rotatable bonds is 5. The Hall–Kier alpha value is -2.68. The number of aliphatic hydroxyl groups excluding tert-OH is 1. The molecule has 3 aliphatic rings. The molecule has 3 aliphatic heterocycles. The largest absolute Gasteiger partial charge is 0.457 e. The summed E-state index contributed by atoms with van der Waals surface area (Å²) in [5.41, 5.74) is -6.58. The average Bonchev–Trinajstić information content (AvgIpc) is 3.27. The molecule has 2 N–H and O–H groups in total. The predicted molar refractivity (Wildman–Crippen MR) is 161 cm³/mol. The Balaban J connectivity index is 2.20. The first-order chi connectivity index (χ1) is 21.1. The number of Topliss-reactive ketones (excluding diaryl/α,β-unsaturated/α-hetero) is 2. The van der Waals surface area contributed by atoms with E-state index in [1.807, 2.05) is 0 Å². The Morgan fingerprint density at radius 1 is 1.09 bits per heavy atom. The van der Waals surface area contributed by atoms with Gasteiger partial charge >= 0.3 is 18.0 Å². The van der Waals surface area contributed by atoms with Crippen molar-refractivity contribution in [3.8, 4) is 0 Å². The average molecular weight is 659 g/mol. The van der Waals surface area contributed by atoms with Crippen LogP contribution in [0, 0.1) is 17.8 Å². The van der Waals surface area contributed by atoms with Crippen molar-refractivity contribution in [1.29, 1.82) is 0 Å². The lowest BCUT2D eigenvalue weighted by atomic mass is 9.73. The highest BCUT2D eigenvalue weighted by Crippen LogP contribution is 2.41. The number of likely N-dealkylation sites (N-methyl/N-ethyl adjacent to an activating group) is 1. The summed E-state index contributed by atoms with van der Waals surface area (Å²) in [5.74, 6) is -7.13. The predicted octanol–water partition coefficient (Wildman–Crippen LogP) is 2.49. The molecule has 0 aromatic carbocycles. The van der Waals surface area contributed by atoms with Gasteiger partial charge in [-0.05, 0) is 61.1 Å². The molecule has 0 aliphatic carbocycles. The summed E-state index contributed by atoms with van der Waals surface area (Å²) in [4.78, 5) is 68.3. The van der Waals surface area contributed by atoms with Gasteiger partial charge in [0.15, 0.2) is 17.7 Å². The van der Waals surface area contributed by atoms with Gasteiger partial charge in [-0.3, -0.25) is 14.4 Å². The molecular formula is C32H51FN2O11. The second-order valence-corrected chi connectivity index (χ2v) is 14.0. The van der Waals surface area contributed by atoms with E-state index in [2.05, 4.69) is 5.32 Å². The van der Waals surface area contributed by atoms with Crippen LogP contribution in [0.15, 0.2) is 0 Å². The number of alkyl halides is 1. The molecule has 3 heterocycles. The number of ether oxygens (including phenoxy) is 5. The van der Waals surface area contributed by atoms with E-state index in [1.165, 1.54) is 20.8 Å². The molecule has 0 aromatic rings. The van der Waals surface area contributed by atoms with Gasteiger partial charge in [0.1, 0.15) is 29.7 Å². The SMILES string of the molecule is CC[C@H]1OC(=O)C(C)(F)C(=O)[C@H](C)[C@@H](O[C@@H]2O[C@H](C)C[C@H](N(C)C)[C@H]2O)[C@](C)(OC(C)=O)C[C@@H](C)C(=O)[C@H](C)[C@H]2NC(=O)O[C@@]21C. The van der Waals surface area contributed by atoms with Gasteiger partial charge in [0.25, 0.3) is 5.67 Å². The van der Waals surface area contributed by atoms with Crippen LogP contribution in [0.2, 0.25) is 0 Å². The molecule has 0 spiro atoms. The third-order valence-corrected chi connectivity index (χ3v) is 9.86. The van der Waals surface area contributed by atoms with Crippen molar-refractivity contribution in [1.82, 2.24) is 10.2 Å². The number of carbonyl (C=O) groups excluding carboxylic acids is 5. The fourth-order valence-corrected chi connectivity index (χ4v) is 7.42. The second kappa shape index (κ2) is 13.8. The molecule has 3 saturated heterocycles. The van der Waals surface area contributed by atoms with Crippen LogP contribution in [0.3, 0.4) is 0 Å². The van der Waals surface area contributed by atoms with Gasteiger partial charge < -0.3 is 39.0 Å². The molecule has 13 atom stereocenters. The quantitative estimate of drug-likeness (QED) is 0.252. The number of carbonyl (C=O) groups is 5. The maximum absolute atomic E-state index is 16.5. The lowest BCUT2D eigenvalue weighted by Gasteiger charge is -2.47. The molecule has 262 valence electrons. The molecule has 0 radical (unpaired) electrons. The number of ketones is 2. The van der Waals surface area contributed by atoms with Crippen molar-refractivity contribution in [3.05, 3.63) is 0 Å². The molecule has 14 heteroatoms. The molecule has 0 bridgehead atoms. The Morgan fingerprint density at radius 3 is 2.24 bits per heavy atom. The third kappa shape index (κ3) is 7.24. The van der Waals surface area contributed by atoms with E-state index < -0.39 is 101 Å². The standard InChI is InChI=1S/C32H51FN2O11/c1-12-21-32(9)24(34-29(41)46-32)17(4)22(37)15(2)14-30(7,45-19(6)36)26(18(5)25(39)31(8,33)28(40)43-21)44-27-23(38)20(35(10)11)13-16(3)42-27/h15-18,20-21,23-24,26-27,38H,12-14H2,1-11H3,(H,34,41)/t15-,16-,17+,18+,20+,21-,23-,24-,26-,27+,30-,31?,32-/m1/s1. The first-order valence-electron chi connectivity index (χ1n) is 15.9. The lowest BCUT2D eigenvalue weighted by Crippen LogP contribution is -2.62. The summed E-state index contributed by atoms with van der Waals surface area (Å²) < 4.78 is 45.7. The Morgan fingerprint density at radius 2 is 1.70 bits per heavy atom. The maximum atomic E-state index is 16.5. The zero-order valence-electron chi connectivity index (χ0n) is 28.7. The minimum Gasteiger partial charge on any atom is -0.457 e. The van der Waals surface area contributed by atoms with Crippen molar-refractivity contribution in [2.24, 2.45) is 17.8 Å². The van der Waals surface area contributed by atoms with Gasteiger partial charge in [0, 0.05) is 30.7 Å². The topological polar surface area (TPSA) is 167 Å². The monoisotopic (exact) mass is 658 g/mol. The van der Waals surface area contributed by atoms with Crippen molar-refractivity contribution in [2.75, 3.05) is 14.1 Å². The minimum atomic E-state index is -3.23. The van der Waals surface area contributed by atoms with E-state index in [9.17, 15) is 29.1 Å². The number of hydrogen-bond donors (Lipinski definition) is 2. The summed E-state index contributed by atoms with van der Waals surface area (Å²) >= 11 is 0. The van der Waals surface area contributed by atoms with E-state index in [1.54, 1.807) is 46.7 Å². The minimum absolute atomic E-state index is 0.0718. The number of amides is 1. The highest BCUT2D eigenvalue weighted by molar-refractivity contribution is 6.08. The lowest BCUT2D eigenvalue weighted by molar-refractivity contribution is -0.295.